The molecule has 0 amide bonds. The lowest BCUT2D eigenvalue weighted by Crippen LogP contribution is -2.05. The molecule has 0 heterocycles. The highest BCUT2D eigenvalue weighted by Gasteiger charge is 2.43. The zero-order valence-corrected chi connectivity index (χ0v) is 7.75. The lowest BCUT2D eigenvalue weighted by molar-refractivity contribution is 0.150. The van der Waals surface area contributed by atoms with Crippen LogP contribution in [-0.2, 0) is 5.60 Å². The Kier molecular flexibility index (Phi) is 1.89. The fourth-order valence-corrected chi connectivity index (χ4v) is 1.41. The van der Waals surface area contributed by atoms with Gasteiger partial charge in [-0.2, -0.15) is 4.39 Å². The summed E-state index contributed by atoms with van der Waals surface area (Å²) in [7, 11) is 1.32. The van der Waals surface area contributed by atoms with E-state index in [9.17, 15) is 14.6 Å². The Morgan fingerprint density at radius 3 is 2.57 bits per heavy atom. The summed E-state index contributed by atoms with van der Waals surface area (Å²) in [5.74, 6) is -1.32. The first kappa shape index (κ1) is 9.27. The fourth-order valence-electron chi connectivity index (χ4n) is 1.41. The molecule has 0 atom stereocenters. The molecule has 1 aliphatic carbocycles. The summed E-state index contributed by atoms with van der Waals surface area (Å²) in [6, 6.07) is 2.66. The van der Waals surface area contributed by atoms with Gasteiger partial charge in [0.1, 0.15) is 0 Å². The SMILES string of the molecule is COc1cc(C2(O)CC2)cc(O)c1F. The van der Waals surface area contributed by atoms with Crippen molar-refractivity contribution in [1.82, 2.24) is 0 Å². The molecule has 14 heavy (non-hydrogen) atoms. The van der Waals surface area contributed by atoms with Crippen LogP contribution in [0.25, 0.3) is 0 Å². The molecule has 76 valence electrons. The smallest absolute Gasteiger partial charge is 0.206 e. The van der Waals surface area contributed by atoms with Crippen LogP contribution in [0.4, 0.5) is 4.39 Å². The first-order valence-electron chi connectivity index (χ1n) is 4.36. The van der Waals surface area contributed by atoms with E-state index in [-0.39, 0.29) is 5.75 Å². The summed E-state index contributed by atoms with van der Waals surface area (Å²) in [4.78, 5) is 0. The molecule has 0 aliphatic heterocycles. The maximum Gasteiger partial charge on any atom is 0.206 e. The number of phenols is 1. The van der Waals surface area contributed by atoms with Crippen molar-refractivity contribution in [2.24, 2.45) is 0 Å². The summed E-state index contributed by atoms with van der Waals surface area (Å²) < 4.78 is 17.9. The minimum atomic E-state index is -0.890. The van der Waals surface area contributed by atoms with Gasteiger partial charge in [-0.05, 0) is 30.5 Å². The molecule has 0 radical (unpaired) electrons. The van der Waals surface area contributed by atoms with Gasteiger partial charge in [0.15, 0.2) is 11.5 Å². The number of rotatable bonds is 2. The molecule has 1 saturated carbocycles. The molecule has 4 heteroatoms. The van der Waals surface area contributed by atoms with Crippen molar-refractivity contribution in [3.8, 4) is 11.5 Å². The van der Waals surface area contributed by atoms with Crippen LogP contribution in [0.5, 0.6) is 11.5 Å². The van der Waals surface area contributed by atoms with E-state index in [2.05, 4.69) is 0 Å². The van der Waals surface area contributed by atoms with Crippen molar-refractivity contribution in [1.29, 1.82) is 0 Å². The summed E-state index contributed by atoms with van der Waals surface area (Å²) in [5, 5.41) is 19.0. The molecule has 3 nitrogen and oxygen atoms in total. The van der Waals surface area contributed by atoms with Crippen LogP contribution in [0.2, 0.25) is 0 Å². The van der Waals surface area contributed by atoms with Crippen LogP contribution in [0.15, 0.2) is 12.1 Å². The molecule has 0 saturated heterocycles. The second-order valence-corrected chi connectivity index (χ2v) is 3.54. The zero-order chi connectivity index (χ0) is 10.3. The van der Waals surface area contributed by atoms with E-state index >= 15 is 0 Å². The van der Waals surface area contributed by atoms with Gasteiger partial charge in [0.25, 0.3) is 0 Å². The molecule has 1 aliphatic rings. The Morgan fingerprint density at radius 2 is 2.07 bits per heavy atom. The number of aromatic hydroxyl groups is 1. The lowest BCUT2D eigenvalue weighted by atomic mass is 10.1. The van der Waals surface area contributed by atoms with E-state index in [1.54, 1.807) is 0 Å². The maximum atomic E-state index is 13.1. The van der Waals surface area contributed by atoms with Gasteiger partial charge in [0.05, 0.1) is 12.7 Å². The highest BCUT2D eigenvalue weighted by atomic mass is 19.1. The summed E-state index contributed by atoms with van der Waals surface area (Å²) in [5.41, 5.74) is -0.383. The molecule has 1 aromatic carbocycles. The monoisotopic (exact) mass is 198 g/mol. The van der Waals surface area contributed by atoms with Crippen molar-refractivity contribution in [3.63, 3.8) is 0 Å². The molecule has 2 N–H and O–H groups in total. The second-order valence-electron chi connectivity index (χ2n) is 3.54. The first-order valence-corrected chi connectivity index (χ1v) is 4.36. The van der Waals surface area contributed by atoms with Gasteiger partial charge in [-0.1, -0.05) is 0 Å². The molecule has 2 rings (SSSR count). The topological polar surface area (TPSA) is 49.7 Å². The number of aliphatic hydroxyl groups is 1. The fraction of sp³-hybridized carbons (Fsp3) is 0.400. The Hall–Kier alpha value is -1.29. The zero-order valence-electron chi connectivity index (χ0n) is 7.75. The third-order valence-electron chi connectivity index (χ3n) is 2.50. The first-order chi connectivity index (χ1) is 6.57. The number of halogens is 1. The van der Waals surface area contributed by atoms with E-state index in [1.165, 1.54) is 19.2 Å². The van der Waals surface area contributed by atoms with Crippen LogP contribution < -0.4 is 4.74 Å². The van der Waals surface area contributed by atoms with Crippen LogP contribution in [0.1, 0.15) is 18.4 Å². The van der Waals surface area contributed by atoms with E-state index in [0.717, 1.165) is 0 Å². The van der Waals surface area contributed by atoms with Gasteiger partial charge >= 0.3 is 0 Å². The van der Waals surface area contributed by atoms with Gasteiger partial charge in [0.2, 0.25) is 5.82 Å². The normalized spacial score (nSPS) is 17.9. The summed E-state index contributed by atoms with van der Waals surface area (Å²) >= 11 is 0. The highest BCUT2D eigenvalue weighted by molar-refractivity contribution is 5.43. The molecule has 0 aromatic heterocycles. The summed E-state index contributed by atoms with van der Waals surface area (Å²) in [6.07, 6.45) is 1.28. The highest BCUT2D eigenvalue weighted by Crippen LogP contribution is 2.47. The Morgan fingerprint density at radius 1 is 1.43 bits per heavy atom. The number of hydrogen-bond donors (Lipinski definition) is 2. The van der Waals surface area contributed by atoms with Crippen LogP contribution >= 0.6 is 0 Å². The van der Waals surface area contributed by atoms with Crippen molar-refractivity contribution < 1.29 is 19.3 Å². The van der Waals surface area contributed by atoms with Gasteiger partial charge in [0, 0.05) is 0 Å². The van der Waals surface area contributed by atoms with Crippen molar-refractivity contribution >= 4 is 0 Å². The van der Waals surface area contributed by atoms with Crippen LogP contribution in [0.3, 0.4) is 0 Å². The second kappa shape index (κ2) is 2.85. The third-order valence-corrected chi connectivity index (χ3v) is 2.50. The third kappa shape index (κ3) is 1.32. The molecule has 1 aromatic rings. The minimum absolute atomic E-state index is 0.0414. The number of benzene rings is 1. The number of ether oxygens (including phenoxy) is 1. The standard InChI is InChI=1S/C10H11FO3/c1-14-8-5-6(10(13)2-3-10)4-7(12)9(8)11/h4-5,12-13H,2-3H2,1H3. The molecule has 0 bridgehead atoms. The van der Waals surface area contributed by atoms with Gasteiger partial charge in [-0.3, -0.25) is 0 Å². The van der Waals surface area contributed by atoms with Crippen LogP contribution in [0, 0.1) is 5.82 Å². The Labute approximate surface area is 80.8 Å². The van der Waals surface area contributed by atoms with Gasteiger partial charge in [-0.25, -0.2) is 0 Å². The molecular weight excluding hydrogens is 187 g/mol. The quantitative estimate of drug-likeness (QED) is 0.757. The van der Waals surface area contributed by atoms with Crippen molar-refractivity contribution in [2.45, 2.75) is 18.4 Å². The summed E-state index contributed by atoms with van der Waals surface area (Å²) in [6.45, 7) is 0. The minimum Gasteiger partial charge on any atom is -0.505 e. The predicted molar refractivity (Wildman–Crippen MR) is 47.7 cm³/mol. The number of methoxy groups -OCH3 is 1. The van der Waals surface area contributed by atoms with E-state index in [0.29, 0.717) is 18.4 Å². The van der Waals surface area contributed by atoms with Crippen molar-refractivity contribution in [3.05, 3.63) is 23.5 Å². The van der Waals surface area contributed by atoms with Gasteiger partial charge in [-0.15, -0.1) is 0 Å². The molecular formula is C10H11FO3. The predicted octanol–water partition coefficient (Wildman–Crippen LogP) is 1.52. The Bertz CT molecular complexity index is 372. The van der Waals surface area contributed by atoms with Crippen LogP contribution in [-0.4, -0.2) is 17.3 Å². The lowest BCUT2D eigenvalue weighted by Gasteiger charge is -2.11. The van der Waals surface area contributed by atoms with Gasteiger partial charge < -0.3 is 14.9 Å². The Balaban J connectivity index is 2.48. The van der Waals surface area contributed by atoms with Crippen molar-refractivity contribution in [2.75, 3.05) is 7.11 Å². The molecule has 0 unspecified atom stereocenters. The maximum absolute atomic E-state index is 13.1. The molecule has 1 fully saturated rings. The molecule has 0 spiro atoms. The van der Waals surface area contributed by atoms with E-state index in [4.69, 9.17) is 4.74 Å². The van der Waals surface area contributed by atoms with E-state index in [1.807, 2.05) is 0 Å². The largest absolute Gasteiger partial charge is 0.505 e. The number of hydrogen-bond acceptors (Lipinski definition) is 3. The average Bonchev–Trinajstić information content (AvgIpc) is 2.89. The number of phenolic OH excluding ortho intramolecular Hbond substituents is 1. The van der Waals surface area contributed by atoms with E-state index < -0.39 is 17.2 Å². The average molecular weight is 198 g/mol.